The molecule has 0 radical (unpaired) electrons. The second kappa shape index (κ2) is 9.12. The molecule has 5 rings (SSSR count). The Morgan fingerprint density at radius 3 is 2.71 bits per heavy atom. The molecular weight excluding hydrogens is 439 g/mol. The van der Waals surface area contributed by atoms with Crippen LogP contribution in [-0.4, -0.2) is 63.1 Å². The number of oxazole rings is 1. The monoisotopic (exact) mass is 464 g/mol. The molecule has 0 atom stereocenters. The van der Waals surface area contributed by atoms with Gasteiger partial charge in [0.05, 0.1) is 12.3 Å². The Labute approximate surface area is 195 Å². The molecule has 34 heavy (non-hydrogen) atoms. The molecule has 9 nitrogen and oxygen atoms in total. The number of rotatable bonds is 5. The summed E-state index contributed by atoms with van der Waals surface area (Å²) in [6, 6.07) is 8.20. The Hall–Kier alpha value is -3.95. The average molecular weight is 465 g/mol. The molecule has 0 aliphatic carbocycles. The molecule has 1 aliphatic heterocycles. The maximum atomic E-state index is 13.5. The molecule has 4 heterocycles. The van der Waals surface area contributed by atoms with Gasteiger partial charge in [-0.2, -0.15) is 4.98 Å². The van der Waals surface area contributed by atoms with Crippen LogP contribution in [0.4, 0.5) is 15.1 Å². The van der Waals surface area contributed by atoms with Crippen molar-refractivity contribution in [1.29, 1.82) is 0 Å². The van der Waals surface area contributed by atoms with Crippen molar-refractivity contribution in [2.24, 2.45) is 0 Å². The molecule has 10 heteroatoms. The van der Waals surface area contributed by atoms with Gasteiger partial charge in [-0.15, -0.1) is 0 Å². The molecule has 1 aromatic carbocycles. The number of carbonyl (C=O) groups is 1. The third-order valence-electron chi connectivity index (χ3n) is 6.12. The Morgan fingerprint density at radius 2 is 1.97 bits per heavy atom. The largest absolute Gasteiger partial charge is 0.450 e. The van der Waals surface area contributed by atoms with E-state index in [2.05, 4.69) is 14.9 Å². The lowest BCUT2D eigenvalue weighted by Gasteiger charge is -2.36. The van der Waals surface area contributed by atoms with Gasteiger partial charge in [-0.3, -0.25) is 4.40 Å². The van der Waals surface area contributed by atoms with Gasteiger partial charge in [0.15, 0.2) is 0 Å². The third-order valence-corrected chi connectivity index (χ3v) is 6.12. The van der Waals surface area contributed by atoms with Crippen LogP contribution in [0.25, 0.3) is 28.5 Å². The van der Waals surface area contributed by atoms with Gasteiger partial charge in [0.2, 0.25) is 5.95 Å². The number of aromatic nitrogens is 4. The van der Waals surface area contributed by atoms with Crippen molar-refractivity contribution < 1.29 is 18.3 Å². The summed E-state index contributed by atoms with van der Waals surface area (Å²) in [6.45, 7) is 3.43. The number of imidazole rings is 1. The smallest absolute Gasteiger partial charge is 0.409 e. The molecule has 4 aromatic rings. The zero-order valence-electron chi connectivity index (χ0n) is 19.0. The lowest BCUT2D eigenvalue weighted by Crippen LogP contribution is -2.46. The van der Waals surface area contributed by atoms with E-state index in [1.165, 1.54) is 12.1 Å². The summed E-state index contributed by atoms with van der Waals surface area (Å²) in [4.78, 5) is 29.7. The number of piperidine rings is 1. The summed E-state index contributed by atoms with van der Waals surface area (Å²) in [5, 5.41) is 0. The maximum Gasteiger partial charge on any atom is 0.409 e. The fourth-order valence-corrected chi connectivity index (χ4v) is 4.30. The first-order valence-corrected chi connectivity index (χ1v) is 11.2. The van der Waals surface area contributed by atoms with Crippen molar-refractivity contribution >= 4 is 17.9 Å². The highest BCUT2D eigenvalue weighted by Crippen LogP contribution is 2.33. The molecule has 176 valence electrons. The van der Waals surface area contributed by atoms with Crippen LogP contribution in [0.2, 0.25) is 0 Å². The van der Waals surface area contributed by atoms with Crippen LogP contribution >= 0.6 is 0 Å². The number of halogens is 1. The standard InChI is InChI=1S/C24H25FN6O3/c1-3-33-24(32)30-12-9-18(10-13-30)29(2)22-26-11-8-19(27-22)21-20(16-4-6-17(25)7-5-16)28-23-31(21)14-15-34-23/h4-8,11,14-15,18H,3,9-10,12-13H2,1-2H3. The SMILES string of the molecule is CCOC(=O)N1CCC(N(C)c2nccc(-c3c(-c4ccc(F)cc4)nc4occn34)n2)CC1. The van der Waals surface area contributed by atoms with Crippen LogP contribution in [-0.2, 0) is 4.74 Å². The summed E-state index contributed by atoms with van der Waals surface area (Å²) in [5.41, 5.74) is 2.82. The summed E-state index contributed by atoms with van der Waals surface area (Å²) in [6.07, 6.45) is 6.38. The van der Waals surface area contributed by atoms with E-state index < -0.39 is 0 Å². The highest BCUT2D eigenvalue weighted by Gasteiger charge is 2.28. The quantitative estimate of drug-likeness (QED) is 0.436. The van der Waals surface area contributed by atoms with Crippen molar-refractivity contribution in [2.45, 2.75) is 25.8 Å². The van der Waals surface area contributed by atoms with Gasteiger partial charge >= 0.3 is 11.9 Å². The van der Waals surface area contributed by atoms with E-state index in [9.17, 15) is 9.18 Å². The number of amides is 1. The molecule has 1 saturated heterocycles. The Kier molecular flexibility index (Phi) is 5.87. The normalized spacial score (nSPS) is 14.5. The summed E-state index contributed by atoms with van der Waals surface area (Å²) < 4.78 is 25.9. The fraction of sp³-hybridized carbons (Fsp3) is 0.333. The molecule has 0 spiro atoms. The van der Waals surface area contributed by atoms with E-state index in [-0.39, 0.29) is 18.0 Å². The second-order valence-corrected chi connectivity index (χ2v) is 8.14. The molecule has 1 aliphatic rings. The maximum absolute atomic E-state index is 13.5. The minimum atomic E-state index is -0.312. The zero-order valence-corrected chi connectivity index (χ0v) is 19.0. The predicted octanol–water partition coefficient (Wildman–Crippen LogP) is 4.25. The van der Waals surface area contributed by atoms with Gasteiger partial charge in [-0.1, -0.05) is 0 Å². The van der Waals surface area contributed by atoms with E-state index in [4.69, 9.17) is 14.1 Å². The summed E-state index contributed by atoms with van der Waals surface area (Å²) in [5.74, 6) is 0.693. The number of benzene rings is 1. The lowest BCUT2D eigenvalue weighted by atomic mass is 10.0. The molecule has 0 N–H and O–H groups in total. The molecule has 0 unspecified atom stereocenters. The van der Waals surface area contributed by atoms with Crippen LogP contribution in [0, 0.1) is 5.82 Å². The Balaban J connectivity index is 1.43. The van der Waals surface area contributed by atoms with Gasteiger partial charge in [0.25, 0.3) is 0 Å². The molecule has 1 fully saturated rings. The van der Waals surface area contributed by atoms with Crippen LogP contribution in [0.15, 0.2) is 53.4 Å². The van der Waals surface area contributed by atoms with Crippen LogP contribution in [0.3, 0.4) is 0 Å². The minimum Gasteiger partial charge on any atom is -0.450 e. The van der Waals surface area contributed by atoms with E-state index >= 15 is 0 Å². The second-order valence-electron chi connectivity index (χ2n) is 8.14. The molecule has 1 amide bonds. The van der Waals surface area contributed by atoms with Crippen molar-refractivity contribution in [3.8, 4) is 22.6 Å². The zero-order chi connectivity index (χ0) is 23.7. The number of hydrogen-bond donors (Lipinski definition) is 0. The van der Waals surface area contributed by atoms with Crippen molar-refractivity contribution in [1.82, 2.24) is 24.3 Å². The number of hydrogen-bond acceptors (Lipinski definition) is 7. The number of carbonyl (C=O) groups excluding carboxylic acids is 1. The van der Waals surface area contributed by atoms with Crippen LogP contribution in [0.1, 0.15) is 19.8 Å². The first-order valence-electron chi connectivity index (χ1n) is 11.2. The number of likely N-dealkylation sites (tertiary alicyclic amines) is 1. The fourth-order valence-electron chi connectivity index (χ4n) is 4.30. The first kappa shape index (κ1) is 21.9. The van der Waals surface area contributed by atoms with Gasteiger partial charge in [0.1, 0.15) is 23.5 Å². The number of anilines is 1. The van der Waals surface area contributed by atoms with Gasteiger partial charge in [-0.05, 0) is 50.1 Å². The number of fused-ring (bicyclic) bond motifs is 1. The van der Waals surface area contributed by atoms with Gasteiger partial charge in [0, 0.05) is 44.1 Å². The Bertz CT molecular complexity index is 1290. The molecule has 3 aromatic heterocycles. The Morgan fingerprint density at radius 1 is 1.21 bits per heavy atom. The summed E-state index contributed by atoms with van der Waals surface area (Å²) in [7, 11) is 1.97. The number of ether oxygens (including phenoxy) is 1. The van der Waals surface area contributed by atoms with Crippen LogP contribution in [0.5, 0.6) is 0 Å². The van der Waals surface area contributed by atoms with Crippen molar-refractivity contribution in [2.75, 3.05) is 31.6 Å². The van der Waals surface area contributed by atoms with Crippen molar-refractivity contribution in [3.63, 3.8) is 0 Å². The lowest BCUT2D eigenvalue weighted by molar-refractivity contribution is 0.0970. The van der Waals surface area contributed by atoms with E-state index in [0.29, 0.717) is 42.9 Å². The van der Waals surface area contributed by atoms with E-state index in [1.807, 2.05) is 24.4 Å². The van der Waals surface area contributed by atoms with Gasteiger partial charge < -0.3 is 19.0 Å². The van der Waals surface area contributed by atoms with Crippen LogP contribution < -0.4 is 4.90 Å². The van der Waals surface area contributed by atoms with E-state index in [1.54, 1.807) is 35.7 Å². The first-order chi connectivity index (χ1) is 16.5. The molecule has 0 saturated carbocycles. The average Bonchev–Trinajstić information content (AvgIpc) is 3.46. The van der Waals surface area contributed by atoms with Gasteiger partial charge in [-0.25, -0.2) is 19.2 Å². The molecule has 0 bridgehead atoms. The minimum absolute atomic E-state index is 0.192. The molecular formula is C24H25FN6O3. The topological polar surface area (TPSA) is 89.0 Å². The van der Waals surface area contributed by atoms with E-state index in [0.717, 1.165) is 24.1 Å². The summed E-state index contributed by atoms with van der Waals surface area (Å²) >= 11 is 0. The highest BCUT2D eigenvalue weighted by atomic mass is 19.1. The number of nitrogens with zero attached hydrogens (tertiary/aromatic N) is 6. The third kappa shape index (κ3) is 4.07. The predicted molar refractivity (Wildman–Crippen MR) is 124 cm³/mol. The van der Waals surface area contributed by atoms with Crippen molar-refractivity contribution in [3.05, 3.63) is 54.8 Å². The highest BCUT2D eigenvalue weighted by molar-refractivity contribution is 5.79.